The van der Waals surface area contributed by atoms with Gasteiger partial charge in [0, 0.05) is 6.54 Å². The Bertz CT molecular complexity index is 487. The SMILES string of the molecule is CCCN1C(=O)C(CC(C)C)NC1c1cccc(OC)c1. The quantitative estimate of drug-likeness (QED) is 0.876. The summed E-state index contributed by atoms with van der Waals surface area (Å²) in [5, 5.41) is 3.50. The third-order valence-corrected chi connectivity index (χ3v) is 3.83. The molecule has 4 nitrogen and oxygen atoms in total. The minimum Gasteiger partial charge on any atom is -0.497 e. The van der Waals surface area contributed by atoms with E-state index < -0.39 is 0 Å². The Morgan fingerprint density at radius 2 is 2.14 bits per heavy atom. The molecule has 0 saturated carbocycles. The maximum absolute atomic E-state index is 12.6. The molecule has 1 fully saturated rings. The highest BCUT2D eigenvalue weighted by molar-refractivity contribution is 5.84. The smallest absolute Gasteiger partial charge is 0.241 e. The minimum absolute atomic E-state index is 0.0451. The number of rotatable bonds is 6. The van der Waals surface area contributed by atoms with E-state index in [0.717, 1.165) is 30.7 Å². The van der Waals surface area contributed by atoms with Gasteiger partial charge in [0.1, 0.15) is 11.9 Å². The zero-order valence-electron chi connectivity index (χ0n) is 13.4. The van der Waals surface area contributed by atoms with Crippen molar-refractivity contribution in [2.24, 2.45) is 5.92 Å². The zero-order chi connectivity index (χ0) is 15.4. The van der Waals surface area contributed by atoms with E-state index in [4.69, 9.17) is 4.74 Å². The average molecular weight is 290 g/mol. The van der Waals surface area contributed by atoms with E-state index >= 15 is 0 Å². The van der Waals surface area contributed by atoms with E-state index in [2.05, 4.69) is 26.1 Å². The Balaban J connectivity index is 2.24. The molecule has 0 aromatic heterocycles. The Hall–Kier alpha value is -1.55. The molecule has 1 amide bonds. The van der Waals surface area contributed by atoms with Gasteiger partial charge in [-0.1, -0.05) is 32.9 Å². The van der Waals surface area contributed by atoms with E-state index in [-0.39, 0.29) is 18.1 Å². The van der Waals surface area contributed by atoms with Crippen LogP contribution >= 0.6 is 0 Å². The highest BCUT2D eigenvalue weighted by atomic mass is 16.5. The summed E-state index contributed by atoms with van der Waals surface area (Å²) in [6, 6.07) is 7.88. The molecule has 2 rings (SSSR count). The lowest BCUT2D eigenvalue weighted by molar-refractivity contribution is -0.130. The predicted molar refractivity (Wildman–Crippen MR) is 84.1 cm³/mol. The Labute approximate surface area is 127 Å². The minimum atomic E-state index is -0.0762. The zero-order valence-corrected chi connectivity index (χ0v) is 13.4. The highest BCUT2D eigenvalue weighted by Crippen LogP contribution is 2.29. The molecule has 1 heterocycles. The van der Waals surface area contributed by atoms with Gasteiger partial charge in [-0.15, -0.1) is 0 Å². The molecule has 116 valence electrons. The van der Waals surface area contributed by atoms with Gasteiger partial charge >= 0.3 is 0 Å². The van der Waals surface area contributed by atoms with Crippen LogP contribution in [0.1, 0.15) is 45.3 Å². The van der Waals surface area contributed by atoms with Crippen molar-refractivity contribution in [1.82, 2.24) is 10.2 Å². The molecule has 2 unspecified atom stereocenters. The molecule has 1 aliphatic rings. The van der Waals surface area contributed by atoms with E-state index in [1.807, 2.05) is 29.2 Å². The van der Waals surface area contributed by atoms with Crippen LogP contribution in [0.3, 0.4) is 0 Å². The van der Waals surface area contributed by atoms with Crippen LogP contribution in [0.15, 0.2) is 24.3 Å². The summed E-state index contributed by atoms with van der Waals surface area (Å²) < 4.78 is 5.30. The molecule has 4 heteroatoms. The summed E-state index contributed by atoms with van der Waals surface area (Å²) in [5.74, 6) is 1.54. The van der Waals surface area contributed by atoms with Crippen LogP contribution in [0.5, 0.6) is 5.75 Å². The van der Waals surface area contributed by atoms with Gasteiger partial charge in [0.25, 0.3) is 0 Å². The summed E-state index contributed by atoms with van der Waals surface area (Å²) >= 11 is 0. The van der Waals surface area contributed by atoms with Gasteiger partial charge in [0.2, 0.25) is 5.91 Å². The van der Waals surface area contributed by atoms with Crippen molar-refractivity contribution in [2.75, 3.05) is 13.7 Å². The van der Waals surface area contributed by atoms with Gasteiger partial charge in [-0.2, -0.15) is 0 Å². The van der Waals surface area contributed by atoms with Gasteiger partial charge in [0.15, 0.2) is 0 Å². The number of benzene rings is 1. The van der Waals surface area contributed by atoms with Crippen LogP contribution in [0.2, 0.25) is 0 Å². The third kappa shape index (κ3) is 3.56. The van der Waals surface area contributed by atoms with E-state index in [9.17, 15) is 4.79 Å². The van der Waals surface area contributed by atoms with Gasteiger partial charge in [-0.05, 0) is 36.5 Å². The molecule has 1 N–H and O–H groups in total. The van der Waals surface area contributed by atoms with Gasteiger partial charge in [-0.25, -0.2) is 0 Å². The van der Waals surface area contributed by atoms with Gasteiger partial charge in [0.05, 0.1) is 13.2 Å². The van der Waals surface area contributed by atoms with Crippen LogP contribution in [0.4, 0.5) is 0 Å². The first-order valence-corrected chi connectivity index (χ1v) is 7.77. The first kappa shape index (κ1) is 15.8. The van der Waals surface area contributed by atoms with Crippen molar-refractivity contribution in [1.29, 1.82) is 0 Å². The molecule has 0 spiro atoms. The number of methoxy groups -OCH3 is 1. The topological polar surface area (TPSA) is 41.6 Å². The fourth-order valence-electron chi connectivity index (χ4n) is 2.89. The molecule has 0 bridgehead atoms. The van der Waals surface area contributed by atoms with Crippen molar-refractivity contribution in [3.8, 4) is 5.75 Å². The maximum atomic E-state index is 12.6. The summed E-state index contributed by atoms with van der Waals surface area (Å²) in [6.45, 7) is 7.18. The van der Waals surface area contributed by atoms with Crippen LogP contribution in [0, 0.1) is 5.92 Å². The fourth-order valence-corrected chi connectivity index (χ4v) is 2.89. The summed E-state index contributed by atoms with van der Waals surface area (Å²) in [6.07, 6.45) is 1.79. The van der Waals surface area contributed by atoms with E-state index in [1.165, 1.54) is 0 Å². The number of carbonyl (C=O) groups excluding carboxylic acids is 1. The van der Waals surface area contributed by atoms with Crippen molar-refractivity contribution in [3.05, 3.63) is 29.8 Å². The van der Waals surface area contributed by atoms with Crippen LogP contribution < -0.4 is 10.1 Å². The number of amides is 1. The molecule has 21 heavy (non-hydrogen) atoms. The van der Waals surface area contributed by atoms with Gasteiger partial charge in [-0.3, -0.25) is 10.1 Å². The monoisotopic (exact) mass is 290 g/mol. The van der Waals surface area contributed by atoms with Crippen LogP contribution in [0.25, 0.3) is 0 Å². The lowest BCUT2D eigenvalue weighted by atomic mass is 10.0. The molecular formula is C17H26N2O2. The van der Waals surface area contributed by atoms with Crippen molar-refractivity contribution >= 4 is 5.91 Å². The van der Waals surface area contributed by atoms with E-state index in [0.29, 0.717) is 5.92 Å². The molecular weight excluding hydrogens is 264 g/mol. The summed E-state index contributed by atoms with van der Waals surface area (Å²) in [4.78, 5) is 14.6. The number of ether oxygens (including phenoxy) is 1. The molecule has 0 aliphatic carbocycles. The number of hydrogen-bond acceptors (Lipinski definition) is 3. The number of hydrogen-bond donors (Lipinski definition) is 1. The third-order valence-electron chi connectivity index (χ3n) is 3.83. The number of nitrogens with zero attached hydrogens (tertiary/aromatic N) is 1. The van der Waals surface area contributed by atoms with Crippen molar-refractivity contribution in [3.63, 3.8) is 0 Å². The number of carbonyl (C=O) groups is 1. The molecule has 1 saturated heterocycles. The Morgan fingerprint density at radius 1 is 1.38 bits per heavy atom. The molecule has 1 aromatic rings. The predicted octanol–water partition coefficient (Wildman–Crippen LogP) is 2.95. The molecule has 0 radical (unpaired) electrons. The normalized spacial score (nSPS) is 22.1. The summed E-state index contributed by atoms with van der Waals surface area (Å²) in [5.41, 5.74) is 1.09. The van der Waals surface area contributed by atoms with E-state index in [1.54, 1.807) is 7.11 Å². The average Bonchev–Trinajstić information content (AvgIpc) is 2.76. The van der Waals surface area contributed by atoms with Crippen molar-refractivity contribution < 1.29 is 9.53 Å². The van der Waals surface area contributed by atoms with Crippen LogP contribution in [-0.4, -0.2) is 30.5 Å². The molecule has 2 atom stereocenters. The first-order valence-electron chi connectivity index (χ1n) is 7.77. The standard InChI is InChI=1S/C17H26N2O2/c1-5-9-19-16(13-7-6-8-14(11-13)21-4)18-15(17(19)20)10-12(2)3/h6-8,11-12,15-16,18H,5,9-10H2,1-4H3. The molecule has 1 aromatic carbocycles. The van der Waals surface area contributed by atoms with Crippen molar-refractivity contribution in [2.45, 2.75) is 45.8 Å². The second-order valence-electron chi connectivity index (χ2n) is 6.06. The number of nitrogens with one attached hydrogen (secondary N) is 1. The fraction of sp³-hybridized carbons (Fsp3) is 0.588. The highest BCUT2D eigenvalue weighted by Gasteiger charge is 2.39. The second kappa shape index (κ2) is 6.94. The lowest BCUT2D eigenvalue weighted by Crippen LogP contribution is -2.32. The van der Waals surface area contributed by atoms with Gasteiger partial charge < -0.3 is 9.64 Å². The molecule has 1 aliphatic heterocycles. The lowest BCUT2D eigenvalue weighted by Gasteiger charge is -2.24. The van der Waals surface area contributed by atoms with Crippen LogP contribution in [-0.2, 0) is 4.79 Å². The Kier molecular flexibility index (Phi) is 5.23. The second-order valence-corrected chi connectivity index (χ2v) is 6.06. The first-order chi connectivity index (χ1) is 10.1. The Morgan fingerprint density at radius 3 is 2.76 bits per heavy atom. The largest absolute Gasteiger partial charge is 0.497 e. The maximum Gasteiger partial charge on any atom is 0.241 e. The summed E-state index contributed by atoms with van der Waals surface area (Å²) in [7, 11) is 1.66.